The highest BCUT2D eigenvalue weighted by Crippen LogP contribution is 2.15. The first-order valence-electron chi connectivity index (χ1n) is 5.04. The molecule has 0 aromatic rings. The molecule has 14 heavy (non-hydrogen) atoms. The molecule has 0 bridgehead atoms. The van der Waals surface area contributed by atoms with E-state index in [1.165, 1.54) is 0 Å². The van der Waals surface area contributed by atoms with Gasteiger partial charge in [-0.25, -0.2) is 10.0 Å². The monoisotopic (exact) mass is 191 g/mol. The number of hydrogen-bond acceptors (Lipinski definition) is 3. The van der Waals surface area contributed by atoms with Gasteiger partial charge in [-0.2, -0.15) is 5.10 Å². The number of allylic oxidation sites excluding steroid dienone is 2. The molecule has 0 spiro atoms. The molecule has 0 unspecified atom stereocenters. The van der Waals surface area contributed by atoms with Crippen LogP contribution in [0.1, 0.15) is 33.1 Å². The number of nitrogens with zero attached hydrogens (tertiary/aromatic N) is 3. The lowest BCUT2D eigenvalue weighted by Gasteiger charge is -2.21. The average Bonchev–Trinajstić information content (AvgIpc) is 2.25. The van der Waals surface area contributed by atoms with Crippen molar-refractivity contribution < 1.29 is 0 Å². The molecule has 3 nitrogen and oxygen atoms in total. The third-order valence-corrected chi connectivity index (χ3v) is 2.07. The van der Waals surface area contributed by atoms with Gasteiger partial charge < -0.3 is 0 Å². The van der Waals surface area contributed by atoms with E-state index in [1.807, 2.05) is 0 Å². The summed E-state index contributed by atoms with van der Waals surface area (Å²) in [5, 5.41) is 5.89. The first kappa shape index (κ1) is 10.7. The average molecular weight is 191 g/mol. The van der Waals surface area contributed by atoms with Gasteiger partial charge in [0, 0.05) is 6.20 Å². The van der Waals surface area contributed by atoms with Crippen LogP contribution in [-0.4, -0.2) is 17.1 Å². The molecule has 76 valence electrons. The Kier molecular flexibility index (Phi) is 4.11. The number of rotatable bonds is 4. The van der Waals surface area contributed by atoms with Crippen LogP contribution in [0.3, 0.4) is 0 Å². The van der Waals surface area contributed by atoms with Gasteiger partial charge in [-0.1, -0.05) is 32.9 Å². The summed E-state index contributed by atoms with van der Waals surface area (Å²) in [5.74, 6) is 0. The van der Waals surface area contributed by atoms with Gasteiger partial charge in [0.15, 0.2) is 0 Å². The molecule has 0 atom stereocenters. The molecule has 0 saturated carbocycles. The fourth-order valence-corrected chi connectivity index (χ4v) is 1.32. The molecule has 0 amide bonds. The molecule has 0 fully saturated rings. The van der Waals surface area contributed by atoms with Gasteiger partial charge in [-0.3, -0.25) is 0 Å². The Morgan fingerprint density at radius 3 is 2.86 bits per heavy atom. The van der Waals surface area contributed by atoms with Gasteiger partial charge in [0.2, 0.25) is 0 Å². The highest BCUT2D eigenvalue weighted by atomic mass is 15.5. The van der Waals surface area contributed by atoms with Crippen molar-refractivity contribution in [3.8, 4) is 0 Å². The third-order valence-electron chi connectivity index (χ3n) is 2.07. The maximum Gasteiger partial charge on any atom is 0.136 e. The van der Waals surface area contributed by atoms with E-state index in [0.29, 0.717) is 0 Å². The Hall–Kier alpha value is -1.38. The molecule has 0 aromatic carbocycles. The van der Waals surface area contributed by atoms with Crippen LogP contribution in [0.5, 0.6) is 0 Å². The molecule has 0 aromatic heterocycles. The van der Waals surface area contributed by atoms with E-state index < -0.39 is 0 Å². The van der Waals surface area contributed by atoms with E-state index in [0.717, 1.165) is 30.7 Å². The van der Waals surface area contributed by atoms with Gasteiger partial charge in [0.1, 0.15) is 6.34 Å². The number of hydrazone groups is 1. The molecular weight excluding hydrogens is 174 g/mol. The van der Waals surface area contributed by atoms with E-state index >= 15 is 0 Å². The van der Waals surface area contributed by atoms with Crippen LogP contribution in [0.2, 0.25) is 0 Å². The van der Waals surface area contributed by atoms with E-state index in [-0.39, 0.29) is 0 Å². The van der Waals surface area contributed by atoms with Crippen LogP contribution in [0.15, 0.2) is 34.6 Å². The minimum atomic E-state index is 0.923. The Morgan fingerprint density at radius 1 is 1.50 bits per heavy atom. The summed E-state index contributed by atoms with van der Waals surface area (Å²) in [5.41, 5.74) is 2.15. The largest absolute Gasteiger partial charge is 0.239 e. The Labute approximate surface area is 85.5 Å². The van der Waals surface area contributed by atoms with Crippen molar-refractivity contribution in [1.29, 1.82) is 0 Å². The summed E-state index contributed by atoms with van der Waals surface area (Å²) in [6.45, 7) is 7.98. The van der Waals surface area contributed by atoms with Crippen LogP contribution in [0, 0.1) is 0 Å². The van der Waals surface area contributed by atoms with Crippen LogP contribution in [0.4, 0.5) is 0 Å². The minimum Gasteiger partial charge on any atom is -0.239 e. The summed E-state index contributed by atoms with van der Waals surface area (Å²) in [6, 6.07) is 0. The van der Waals surface area contributed by atoms with Crippen molar-refractivity contribution in [2.75, 3.05) is 0 Å². The second-order valence-electron chi connectivity index (χ2n) is 3.07. The maximum absolute atomic E-state index is 4.25. The van der Waals surface area contributed by atoms with Crippen molar-refractivity contribution in [2.24, 2.45) is 10.1 Å². The molecule has 0 N–H and O–H groups in total. The topological polar surface area (TPSA) is 28.0 Å². The SMILES string of the molecule is C=CN1N=CN=C(CC)/C1=C/CCC. The van der Waals surface area contributed by atoms with Gasteiger partial charge in [0.25, 0.3) is 0 Å². The molecule has 1 rings (SSSR count). The summed E-state index contributed by atoms with van der Waals surface area (Å²) >= 11 is 0. The van der Waals surface area contributed by atoms with Crippen LogP contribution >= 0.6 is 0 Å². The first-order valence-corrected chi connectivity index (χ1v) is 5.04. The van der Waals surface area contributed by atoms with Crippen molar-refractivity contribution in [2.45, 2.75) is 33.1 Å². The van der Waals surface area contributed by atoms with Crippen molar-refractivity contribution >= 4 is 12.1 Å². The first-order chi connectivity index (χ1) is 6.83. The normalized spacial score (nSPS) is 18.6. The van der Waals surface area contributed by atoms with Gasteiger partial charge >= 0.3 is 0 Å². The fraction of sp³-hybridized carbons (Fsp3) is 0.455. The zero-order valence-corrected chi connectivity index (χ0v) is 8.90. The molecule has 1 aliphatic heterocycles. The van der Waals surface area contributed by atoms with Gasteiger partial charge in [0.05, 0.1) is 11.4 Å². The molecule has 0 aliphatic carbocycles. The molecule has 3 heteroatoms. The predicted molar refractivity (Wildman–Crippen MR) is 61.2 cm³/mol. The lowest BCUT2D eigenvalue weighted by molar-refractivity contribution is 0.516. The lowest BCUT2D eigenvalue weighted by Crippen LogP contribution is -2.21. The van der Waals surface area contributed by atoms with Crippen LogP contribution in [0.25, 0.3) is 0 Å². The smallest absolute Gasteiger partial charge is 0.136 e. The standard InChI is InChI=1S/C11H17N3/c1-4-7-8-11-10(5-2)12-9-13-14(11)6-3/h6,8-9H,3-5,7H2,1-2H3/b11-8-. The fourth-order valence-electron chi connectivity index (χ4n) is 1.32. The molecule has 1 heterocycles. The second-order valence-corrected chi connectivity index (χ2v) is 3.07. The number of unbranched alkanes of at least 4 members (excludes halogenated alkanes) is 1. The Balaban J connectivity index is 2.89. The third kappa shape index (κ3) is 2.31. The zero-order valence-electron chi connectivity index (χ0n) is 8.90. The molecule has 0 saturated heterocycles. The highest BCUT2D eigenvalue weighted by molar-refractivity contribution is 6.04. The van der Waals surface area contributed by atoms with Crippen molar-refractivity contribution in [3.05, 3.63) is 24.6 Å². The molecule has 1 aliphatic rings. The van der Waals surface area contributed by atoms with E-state index in [9.17, 15) is 0 Å². The Bertz CT molecular complexity index is 287. The second kappa shape index (κ2) is 5.37. The summed E-state index contributed by atoms with van der Waals surface area (Å²) in [7, 11) is 0. The van der Waals surface area contributed by atoms with Crippen molar-refractivity contribution in [3.63, 3.8) is 0 Å². The van der Waals surface area contributed by atoms with Gasteiger partial charge in [-0.05, 0) is 12.8 Å². The number of hydrogen-bond donors (Lipinski definition) is 0. The van der Waals surface area contributed by atoms with Gasteiger partial charge in [-0.15, -0.1) is 0 Å². The Morgan fingerprint density at radius 2 is 2.29 bits per heavy atom. The predicted octanol–water partition coefficient (Wildman–Crippen LogP) is 2.92. The minimum absolute atomic E-state index is 0.923. The summed E-state index contributed by atoms with van der Waals surface area (Å²) in [4.78, 5) is 4.25. The van der Waals surface area contributed by atoms with E-state index in [2.05, 4.69) is 36.6 Å². The van der Waals surface area contributed by atoms with Crippen LogP contribution in [-0.2, 0) is 0 Å². The summed E-state index contributed by atoms with van der Waals surface area (Å²) < 4.78 is 0. The zero-order chi connectivity index (χ0) is 10.4. The maximum atomic E-state index is 4.25. The van der Waals surface area contributed by atoms with Crippen LogP contribution < -0.4 is 0 Å². The molecule has 0 radical (unpaired) electrons. The number of aliphatic imine (C=N–C) groups is 1. The van der Waals surface area contributed by atoms with Crippen molar-refractivity contribution in [1.82, 2.24) is 5.01 Å². The lowest BCUT2D eigenvalue weighted by atomic mass is 10.1. The highest BCUT2D eigenvalue weighted by Gasteiger charge is 2.13. The van der Waals surface area contributed by atoms with E-state index in [4.69, 9.17) is 0 Å². The summed E-state index contributed by atoms with van der Waals surface area (Å²) in [6.07, 6.45) is 8.56. The van der Waals surface area contributed by atoms with E-state index in [1.54, 1.807) is 17.5 Å². The quantitative estimate of drug-likeness (QED) is 0.671. The molecular formula is C11H17N3.